The lowest BCUT2D eigenvalue weighted by atomic mass is 10.2. The number of rotatable bonds is 3. The zero-order chi connectivity index (χ0) is 8.97. The maximum Gasteiger partial charge on any atom is 0.104 e. The van der Waals surface area contributed by atoms with Crippen LogP contribution in [0.1, 0.15) is 18.9 Å². The van der Waals surface area contributed by atoms with Crippen molar-refractivity contribution in [2.45, 2.75) is 20.3 Å². The Kier molecular flexibility index (Phi) is 3.55. The molecule has 0 N–H and O–H groups in total. The highest BCUT2D eigenvalue weighted by Crippen LogP contribution is 2.22. The van der Waals surface area contributed by atoms with Crippen molar-refractivity contribution in [3.8, 4) is 0 Å². The van der Waals surface area contributed by atoms with Crippen LogP contribution in [0.5, 0.6) is 0 Å². The molecule has 0 fully saturated rings. The molecular formula is C10H15OP. The Bertz CT molecular complexity index is 281. The van der Waals surface area contributed by atoms with E-state index in [0.29, 0.717) is 0 Å². The van der Waals surface area contributed by atoms with Crippen LogP contribution in [0.4, 0.5) is 0 Å². The highest BCUT2D eigenvalue weighted by atomic mass is 31.1. The molecule has 1 atom stereocenters. The average Bonchev–Trinajstić information content (AvgIpc) is 2.05. The second kappa shape index (κ2) is 4.47. The second-order valence-corrected chi connectivity index (χ2v) is 4.87. The van der Waals surface area contributed by atoms with Gasteiger partial charge in [-0.1, -0.05) is 31.2 Å². The molecule has 2 heteroatoms. The lowest BCUT2D eigenvalue weighted by molar-refractivity contribution is 0.592. The SMILES string of the molecule is CCC[P@H](=O)c1ccccc1C. The van der Waals surface area contributed by atoms with Crippen molar-refractivity contribution < 1.29 is 4.57 Å². The molecule has 0 unspecified atom stereocenters. The van der Waals surface area contributed by atoms with Gasteiger partial charge in [0, 0.05) is 11.5 Å². The summed E-state index contributed by atoms with van der Waals surface area (Å²) in [6, 6.07) is 7.94. The molecule has 0 bridgehead atoms. The third-order valence-corrected chi connectivity index (χ3v) is 4.04. The van der Waals surface area contributed by atoms with Gasteiger partial charge in [-0.25, -0.2) is 0 Å². The first-order valence-electron chi connectivity index (χ1n) is 4.34. The van der Waals surface area contributed by atoms with Crippen LogP contribution in [0.2, 0.25) is 0 Å². The Morgan fingerprint density at radius 3 is 2.58 bits per heavy atom. The molecule has 1 rings (SSSR count). The van der Waals surface area contributed by atoms with Crippen molar-refractivity contribution in [1.29, 1.82) is 0 Å². The first-order valence-corrected chi connectivity index (χ1v) is 5.96. The van der Waals surface area contributed by atoms with Gasteiger partial charge in [0.05, 0.1) is 0 Å². The lowest BCUT2D eigenvalue weighted by Gasteiger charge is -2.03. The van der Waals surface area contributed by atoms with Crippen LogP contribution in [0.25, 0.3) is 0 Å². The molecule has 0 saturated carbocycles. The quantitative estimate of drug-likeness (QED) is 0.656. The topological polar surface area (TPSA) is 17.1 Å². The van der Waals surface area contributed by atoms with Gasteiger partial charge >= 0.3 is 0 Å². The van der Waals surface area contributed by atoms with Crippen molar-refractivity contribution in [2.75, 3.05) is 6.16 Å². The van der Waals surface area contributed by atoms with Gasteiger partial charge in [0.25, 0.3) is 0 Å². The van der Waals surface area contributed by atoms with E-state index in [-0.39, 0.29) is 0 Å². The van der Waals surface area contributed by atoms with Crippen LogP contribution in [0.3, 0.4) is 0 Å². The summed E-state index contributed by atoms with van der Waals surface area (Å²) in [6.07, 6.45) is 1.85. The van der Waals surface area contributed by atoms with Crippen molar-refractivity contribution in [2.24, 2.45) is 0 Å². The van der Waals surface area contributed by atoms with Crippen molar-refractivity contribution in [3.05, 3.63) is 29.8 Å². The largest absolute Gasteiger partial charge is 0.322 e. The highest BCUT2D eigenvalue weighted by molar-refractivity contribution is 7.53. The molecule has 0 aliphatic carbocycles. The Morgan fingerprint density at radius 1 is 1.33 bits per heavy atom. The lowest BCUT2D eigenvalue weighted by Crippen LogP contribution is -2.01. The molecule has 0 aliphatic rings. The van der Waals surface area contributed by atoms with Gasteiger partial charge in [-0.2, -0.15) is 0 Å². The van der Waals surface area contributed by atoms with Crippen LogP contribution < -0.4 is 5.30 Å². The number of hydrogen-bond acceptors (Lipinski definition) is 1. The minimum atomic E-state index is -1.50. The molecule has 1 nitrogen and oxygen atoms in total. The first-order chi connectivity index (χ1) is 5.75. The Hall–Kier alpha value is -0.550. The molecule has 1 aromatic carbocycles. The molecular weight excluding hydrogens is 167 g/mol. The van der Waals surface area contributed by atoms with E-state index in [1.165, 1.54) is 0 Å². The molecule has 0 radical (unpaired) electrons. The van der Waals surface area contributed by atoms with E-state index in [4.69, 9.17) is 0 Å². The normalized spacial score (nSPS) is 12.8. The zero-order valence-corrected chi connectivity index (χ0v) is 8.63. The van der Waals surface area contributed by atoms with Gasteiger partial charge < -0.3 is 4.57 Å². The first kappa shape index (κ1) is 9.54. The molecule has 0 saturated heterocycles. The van der Waals surface area contributed by atoms with E-state index < -0.39 is 7.80 Å². The van der Waals surface area contributed by atoms with E-state index >= 15 is 0 Å². The van der Waals surface area contributed by atoms with E-state index in [2.05, 4.69) is 6.92 Å². The number of aryl methyl sites for hydroxylation is 1. The fraction of sp³-hybridized carbons (Fsp3) is 0.400. The summed E-state index contributed by atoms with van der Waals surface area (Å²) in [7, 11) is -1.50. The maximum absolute atomic E-state index is 11.7. The van der Waals surface area contributed by atoms with Crippen molar-refractivity contribution in [3.63, 3.8) is 0 Å². The minimum absolute atomic E-state index is 0.843. The van der Waals surface area contributed by atoms with E-state index in [1.54, 1.807) is 0 Å². The van der Waals surface area contributed by atoms with Gasteiger partial charge in [0.2, 0.25) is 0 Å². The van der Waals surface area contributed by atoms with Crippen LogP contribution in [-0.2, 0) is 4.57 Å². The maximum atomic E-state index is 11.7. The molecule has 0 amide bonds. The third-order valence-electron chi connectivity index (χ3n) is 1.92. The fourth-order valence-electron chi connectivity index (χ4n) is 1.25. The smallest absolute Gasteiger partial charge is 0.104 e. The van der Waals surface area contributed by atoms with Gasteiger partial charge in [0.15, 0.2) is 0 Å². The Morgan fingerprint density at radius 2 is 2.00 bits per heavy atom. The molecule has 0 aliphatic heterocycles. The van der Waals surface area contributed by atoms with Crippen LogP contribution in [0.15, 0.2) is 24.3 Å². The number of hydrogen-bond donors (Lipinski definition) is 0. The molecule has 66 valence electrons. The van der Waals surface area contributed by atoms with Gasteiger partial charge in [-0.15, -0.1) is 0 Å². The molecule has 0 aromatic heterocycles. The summed E-state index contributed by atoms with van der Waals surface area (Å²) in [4.78, 5) is 0. The van der Waals surface area contributed by atoms with E-state index in [9.17, 15) is 4.57 Å². The van der Waals surface area contributed by atoms with Crippen molar-refractivity contribution in [1.82, 2.24) is 0 Å². The van der Waals surface area contributed by atoms with Crippen LogP contribution in [-0.4, -0.2) is 6.16 Å². The molecule has 12 heavy (non-hydrogen) atoms. The predicted molar refractivity (Wildman–Crippen MR) is 55.0 cm³/mol. The molecule has 0 heterocycles. The Labute approximate surface area is 74.6 Å². The van der Waals surface area contributed by atoms with Crippen LogP contribution in [0, 0.1) is 6.92 Å². The van der Waals surface area contributed by atoms with Gasteiger partial charge in [0.1, 0.15) is 7.80 Å². The van der Waals surface area contributed by atoms with Crippen molar-refractivity contribution >= 4 is 13.1 Å². The minimum Gasteiger partial charge on any atom is -0.322 e. The zero-order valence-electron chi connectivity index (χ0n) is 7.63. The monoisotopic (exact) mass is 182 g/mol. The number of benzene rings is 1. The highest BCUT2D eigenvalue weighted by Gasteiger charge is 2.03. The fourth-order valence-corrected chi connectivity index (χ4v) is 2.78. The van der Waals surface area contributed by atoms with Gasteiger partial charge in [-0.05, 0) is 18.9 Å². The summed E-state index contributed by atoms with van der Waals surface area (Å²) in [5, 5.41) is 1.06. The summed E-state index contributed by atoms with van der Waals surface area (Å²) >= 11 is 0. The molecule has 0 spiro atoms. The van der Waals surface area contributed by atoms with Crippen LogP contribution >= 0.6 is 7.80 Å². The summed E-state index contributed by atoms with van der Waals surface area (Å²) < 4.78 is 11.7. The third kappa shape index (κ3) is 2.22. The summed E-state index contributed by atoms with van der Waals surface area (Å²) in [6.45, 7) is 4.09. The predicted octanol–water partition coefficient (Wildman–Crippen LogP) is 2.59. The standard InChI is InChI=1S/C10H15OP/c1-3-8-12(11)10-7-5-4-6-9(10)2/h4-7,12H,3,8H2,1-2H3. The average molecular weight is 182 g/mol. The van der Waals surface area contributed by atoms with E-state index in [0.717, 1.165) is 23.5 Å². The summed E-state index contributed by atoms with van der Waals surface area (Å²) in [5.74, 6) is 0. The van der Waals surface area contributed by atoms with E-state index in [1.807, 2.05) is 31.2 Å². The second-order valence-electron chi connectivity index (χ2n) is 2.99. The Balaban J connectivity index is 2.87. The molecule has 1 aromatic rings. The van der Waals surface area contributed by atoms with Gasteiger partial charge in [-0.3, -0.25) is 0 Å². The summed E-state index contributed by atoms with van der Waals surface area (Å²) in [5.41, 5.74) is 1.16.